The van der Waals surface area contributed by atoms with E-state index in [1.54, 1.807) is 0 Å². The Bertz CT molecular complexity index is 430. The molecule has 1 nitrogen and oxygen atoms in total. The minimum absolute atomic E-state index is 0.476. The third-order valence-corrected chi connectivity index (χ3v) is 9.76. The van der Waals surface area contributed by atoms with Crippen LogP contribution in [0.3, 0.4) is 0 Å². The van der Waals surface area contributed by atoms with Crippen molar-refractivity contribution >= 4 is 32.0 Å². The summed E-state index contributed by atoms with van der Waals surface area (Å²) in [7, 11) is 0. The standard InChI is InChI=1S/C16H36N.C11H16SSe/c1-5-9-13-17(14-10-6-2,15-11-7-3)16-12-8-4;12-10(13)11-4-7-1-8(5-11)3-9(2-7)6-11/h5-16H2,1-4H3;7-9H,1-6H2,(H,12,13)/q+1;/p-1. The van der Waals surface area contributed by atoms with Crippen LogP contribution in [0.4, 0.5) is 0 Å². The number of thiocarbonyl (C=S) groups is 1. The predicted molar refractivity (Wildman–Crippen MR) is 138 cm³/mol. The van der Waals surface area contributed by atoms with Gasteiger partial charge in [0.1, 0.15) is 0 Å². The third kappa shape index (κ3) is 7.57. The first-order valence-corrected chi connectivity index (χ1v) is 14.8. The molecule has 0 radical (unpaired) electrons. The van der Waals surface area contributed by atoms with E-state index >= 15 is 0 Å². The molecule has 4 bridgehead atoms. The minimum atomic E-state index is 0.476. The van der Waals surface area contributed by atoms with Crippen molar-refractivity contribution in [3.8, 4) is 0 Å². The molecule has 0 amide bonds. The van der Waals surface area contributed by atoms with Crippen LogP contribution in [0.2, 0.25) is 0 Å². The fourth-order valence-electron chi connectivity index (χ4n) is 7.01. The predicted octanol–water partition coefficient (Wildman–Crippen LogP) is 7.70. The van der Waals surface area contributed by atoms with E-state index in [2.05, 4.69) is 43.7 Å². The van der Waals surface area contributed by atoms with E-state index in [1.165, 1.54) is 124 Å². The normalized spacial score (nSPS) is 29.5. The van der Waals surface area contributed by atoms with Crippen LogP contribution in [0.25, 0.3) is 0 Å². The van der Waals surface area contributed by atoms with Gasteiger partial charge in [0.05, 0.1) is 26.2 Å². The van der Waals surface area contributed by atoms with E-state index in [9.17, 15) is 0 Å². The Labute approximate surface area is 202 Å². The molecule has 0 unspecified atom stereocenters. The van der Waals surface area contributed by atoms with Gasteiger partial charge in [-0.2, -0.15) is 0 Å². The molecule has 0 spiro atoms. The van der Waals surface area contributed by atoms with E-state index in [1.807, 2.05) is 0 Å². The summed E-state index contributed by atoms with van der Waals surface area (Å²) >= 11 is 8.56. The first-order chi connectivity index (χ1) is 14.4. The van der Waals surface area contributed by atoms with Gasteiger partial charge >= 0.3 is 93.7 Å². The molecule has 4 rings (SSSR count). The van der Waals surface area contributed by atoms with Crippen LogP contribution in [-0.4, -0.2) is 50.4 Å². The van der Waals surface area contributed by atoms with E-state index in [4.69, 9.17) is 12.2 Å². The molecule has 0 heterocycles. The van der Waals surface area contributed by atoms with Gasteiger partial charge in [0.25, 0.3) is 0 Å². The van der Waals surface area contributed by atoms with Crippen molar-refractivity contribution in [1.82, 2.24) is 0 Å². The number of hydrogen-bond donors (Lipinski definition) is 0. The number of rotatable bonds is 13. The zero-order chi connectivity index (χ0) is 22.0. The molecule has 0 saturated heterocycles. The van der Waals surface area contributed by atoms with E-state index in [0.29, 0.717) is 5.41 Å². The molecule has 4 fully saturated rings. The maximum absolute atomic E-state index is 5.43. The van der Waals surface area contributed by atoms with Crippen molar-refractivity contribution in [3.63, 3.8) is 0 Å². The monoisotopic (exact) mass is 501 g/mol. The zero-order valence-corrected chi connectivity index (χ0v) is 23.3. The molecule has 0 atom stereocenters. The molecule has 0 N–H and O–H groups in total. The van der Waals surface area contributed by atoms with Crippen LogP contribution in [0.5, 0.6) is 0 Å². The first kappa shape index (κ1) is 26.8. The Morgan fingerprint density at radius 2 is 1.00 bits per heavy atom. The first-order valence-electron chi connectivity index (χ1n) is 13.5. The molecule has 4 aliphatic rings. The Balaban J connectivity index is 0.000000218. The second-order valence-corrected chi connectivity index (χ2v) is 13.0. The molecular formula is C27H51NSSe. The molecule has 0 aliphatic heterocycles. The SMILES string of the molecule is CCCC[N+](CCCC)(CCCC)CCCC.S=C([Se-])C12CC3CC(CC(C3)C1)C2. The Kier molecular flexibility index (Phi) is 11.9. The van der Waals surface area contributed by atoms with Crippen LogP contribution in [0, 0.1) is 23.2 Å². The van der Waals surface area contributed by atoms with Gasteiger partial charge in [-0.3, -0.25) is 0 Å². The third-order valence-electron chi connectivity index (χ3n) is 8.42. The summed E-state index contributed by atoms with van der Waals surface area (Å²) in [6, 6.07) is 0. The van der Waals surface area contributed by atoms with Crippen LogP contribution >= 0.6 is 12.2 Å². The average molecular weight is 501 g/mol. The van der Waals surface area contributed by atoms with Gasteiger partial charge in [0.15, 0.2) is 0 Å². The van der Waals surface area contributed by atoms with Crippen LogP contribution < -0.4 is 0 Å². The van der Waals surface area contributed by atoms with Gasteiger partial charge in [-0.25, -0.2) is 0 Å². The molecule has 0 aromatic carbocycles. The summed E-state index contributed by atoms with van der Waals surface area (Å²) < 4.78 is 2.62. The number of unbranched alkanes of at least 4 members (excludes halogenated alkanes) is 4. The van der Waals surface area contributed by atoms with Gasteiger partial charge in [-0.15, -0.1) is 0 Å². The molecule has 176 valence electrons. The van der Waals surface area contributed by atoms with Crippen molar-refractivity contribution in [2.45, 2.75) is 118 Å². The molecule has 4 saturated carbocycles. The van der Waals surface area contributed by atoms with Crippen molar-refractivity contribution in [1.29, 1.82) is 0 Å². The number of quaternary nitrogens is 1. The van der Waals surface area contributed by atoms with E-state index in [0.717, 1.165) is 17.8 Å². The molecular weight excluding hydrogens is 449 g/mol. The van der Waals surface area contributed by atoms with Crippen molar-refractivity contribution < 1.29 is 4.48 Å². The molecule has 30 heavy (non-hydrogen) atoms. The zero-order valence-electron chi connectivity index (χ0n) is 20.7. The summed E-state index contributed by atoms with van der Waals surface area (Å²) in [5.74, 6) is 3.08. The summed E-state index contributed by atoms with van der Waals surface area (Å²) in [6.07, 6.45) is 19.8. The molecule has 0 aromatic heterocycles. The average Bonchev–Trinajstić information content (AvgIpc) is 2.72. The van der Waals surface area contributed by atoms with Crippen molar-refractivity contribution in [2.75, 3.05) is 26.2 Å². The number of nitrogens with zero attached hydrogens (tertiary/aromatic N) is 1. The summed E-state index contributed by atoms with van der Waals surface area (Å²) in [4.78, 5) is 0. The van der Waals surface area contributed by atoms with Crippen LogP contribution in [-0.2, 0) is 0 Å². The maximum atomic E-state index is 5.43. The summed E-state index contributed by atoms with van der Waals surface area (Å²) in [6.45, 7) is 15.0. The summed E-state index contributed by atoms with van der Waals surface area (Å²) in [5.41, 5.74) is 0.476. The topological polar surface area (TPSA) is 0 Å². The summed E-state index contributed by atoms with van der Waals surface area (Å²) in [5, 5.41) is 0. The Morgan fingerprint density at radius 1 is 0.700 bits per heavy atom. The van der Waals surface area contributed by atoms with Crippen molar-refractivity contribution in [3.05, 3.63) is 0 Å². The fourth-order valence-corrected chi connectivity index (χ4v) is 7.78. The Morgan fingerprint density at radius 3 is 1.23 bits per heavy atom. The second kappa shape index (κ2) is 13.3. The van der Waals surface area contributed by atoms with Crippen molar-refractivity contribution in [2.24, 2.45) is 23.2 Å². The van der Waals surface area contributed by atoms with Gasteiger partial charge in [-0.05, 0) is 25.7 Å². The van der Waals surface area contributed by atoms with Gasteiger partial charge in [0, 0.05) is 0 Å². The quantitative estimate of drug-likeness (QED) is 0.142. The number of hydrogen-bond acceptors (Lipinski definition) is 1. The van der Waals surface area contributed by atoms with Gasteiger partial charge in [0.2, 0.25) is 0 Å². The fraction of sp³-hybridized carbons (Fsp3) is 0.963. The molecule has 3 heteroatoms. The van der Waals surface area contributed by atoms with E-state index in [-0.39, 0.29) is 0 Å². The van der Waals surface area contributed by atoms with E-state index < -0.39 is 0 Å². The molecule has 0 aromatic rings. The van der Waals surface area contributed by atoms with Crippen LogP contribution in [0.15, 0.2) is 0 Å². The van der Waals surface area contributed by atoms with Crippen LogP contribution in [0.1, 0.15) is 118 Å². The van der Waals surface area contributed by atoms with Gasteiger partial charge in [-0.1, -0.05) is 53.4 Å². The molecule has 4 aliphatic carbocycles. The van der Waals surface area contributed by atoms with Gasteiger partial charge < -0.3 is 4.48 Å². The Hall–Kier alpha value is 0.569. The second-order valence-electron chi connectivity index (χ2n) is 11.1.